The molecule has 10 rings (SSSR count). The van der Waals surface area contributed by atoms with Crippen molar-refractivity contribution in [3.63, 3.8) is 0 Å². The van der Waals surface area contributed by atoms with Gasteiger partial charge in [0, 0.05) is 27.4 Å². The number of hydrogen-bond acceptors (Lipinski definition) is 2. The molecule has 8 aromatic carbocycles. The monoisotopic (exact) mass is 1810 g/mol. The Hall–Kier alpha value is -4.29. The quantitative estimate of drug-likeness (QED) is 0.0900. The van der Waals surface area contributed by atoms with Crippen molar-refractivity contribution in [1.29, 1.82) is 0 Å². The molecule has 2 aliphatic rings. The summed E-state index contributed by atoms with van der Waals surface area (Å²) in [4.78, 5) is 15.2. The molecule has 0 amide bonds. The normalized spacial score (nSPS) is 17.6. The fourth-order valence-electron chi connectivity index (χ4n) is 14.4. The summed E-state index contributed by atoms with van der Waals surface area (Å²) >= 11 is 10.9. The van der Waals surface area contributed by atoms with Gasteiger partial charge in [-0.15, -0.1) is 0 Å². The average molecular weight is 1810 g/mol. The topological polar surface area (TPSA) is 25.1 Å². The van der Waals surface area contributed by atoms with Crippen molar-refractivity contribution in [1.82, 2.24) is 14.7 Å². The van der Waals surface area contributed by atoms with E-state index in [1.54, 1.807) is 0 Å². The van der Waals surface area contributed by atoms with Crippen molar-refractivity contribution in [2.45, 2.75) is 260 Å². The van der Waals surface area contributed by atoms with Crippen molar-refractivity contribution in [2.75, 3.05) is 0 Å². The Balaban J connectivity index is 0.0000117. The SMILES string of the molecule is CC(C)(C)c1cc(CN2C(=NC3=[N+](Cc4cc(C(C)(C)C)cc(C(C)(C)C)c4I)[C@@H](c4ccccc4)[C@H](c4ccccc4)N3Cc3cc(C(C)(C)C)cc(C(C)(C)C)c3I)N(Cc3cc(C(C)(C)C)cc(C(C)(C)C)c3I)[C@@H](c3ccccc3)[C@@H]2c2ccccc2)c(I)c(C(C)(C)C)c1.[Cl-]. The minimum absolute atomic E-state index is 0. The standard InChI is InChI=1S/C90H112I4N5.ClH/c1-83(2,3)65-45-61(73(91)69(49-65)87(13,14)15)53-96-77(57-37-29-25-30-38-57)78(58-39-31-26-32-40-58)97(54-62-46-66(84(4,5)6)50-70(74(62)92)88(16,17)18)81(96)95-82-98(55-63-47-67(85(7,8)9)51-71(75(63)93)89(19,20)21)79(59-41-33-27-34-42-59)80(60-43-35-28-36-44-60)99(82)56-64-48-68(86(10,11)12)52-72(76(64)94)90(22,23)24;/h25-52,77-80H,53-56H2,1-24H3;1H/q+1;/p-1/t77-,78-,79-,80-;/m0./s1. The molecule has 100 heavy (non-hydrogen) atoms. The summed E-state index contributed by atoms with van der Waals surface area (Å²) in [6.45, 7) is 59.7. The van der Waals surface area contributed by atoms with Gasteiger partial charge in [-0.05, 0) is 228 Å². The Labute approximate surface area is 665 Å². The Bertz CT molecular complexity index is 4160. The Morgan fingerprint density at radius 1 is 0.310 bits per heavy atom. The smallest absolute Gasteiger partial charge is 0.394 e. The predicted octanol–water partition coefficient (Wildman–Crippen LogP) is 22.2. The third kappa shape index (κ3) is 17.3. The molecule has 10 heteroatoms. The van der Waals surface area contributed by atoms with Crippen molar-refractivity contribution >= 4 is 102 Å². The third-order valence-electron chi connectivity index (χ3n) is 20.4. The first-order valence-electron chi connectivity index (χ1n) is 35.9. The van der Waals surface area contributed by atoms with Crippen LogP contribution in [0.3, 0.4) is 0 Å². The van der Waals surface area contributed by atoms with Gasteiger partial charge in [0.1, 0.15) is 12.1 Å². The van der Waals surface area contributed by atoms with E-state index >= 15 is 0 Å². The van der Waals surface area contributed by atoms with Crippen molar-refractivity contribution in [2.24, 2.45) is 4.99 Å². The zero-order chi connectivity index (χ0) is 72.7. The van der Waals surface area contributed by atoms with Crippen LogP contribution in [0.4, 0.5) is 0 Å². The molecule has 0 saturated carbocycles. The predicted molar refractivity (Wildman–Crippen MR) is 456 cm³/mol. The van der Waals surface area contributed by atoms with Crippen LogP contribution >= 0.6 is 90.4 Å². The largest absolute Gasteiger partial charge is 1.00 e. The number of benzene rings is 8. The van der Waals surface area contributed by atoms with E-state index in [-0.39, 0.29) is 79.9 Å². The van der Waals surface area contributed by atoms with E-state index in [9.17, 15) is 0 Å². The minimum atomic E-state index is -0.179. The van der Waals surface area contributed by atoms with E-state index in [1.165, 1.54) is 103 Å². The molecule has 0 aromatic heterocycles. The van der Waals surface area contributed by atoms with Gasteiger partial charge in [-0.2, -0.15) is 0 Å². The van der Waals surface area contributed by atoms with Crippen LogP contribution in [0, 0.1) is 14.3 Å². The van der Waals surface area contributed by atoms with E-state index in [4.69, 9.17) is 4.99 Å². The number of aliphatic imine (C=N–C) groups is 1. The van der Waals surface area contributed by atoms with Gasteiger partial charge in [0.2, 0.25) is 0 Å². The molecule has 4 atom stereocenters. The lowest BCUT2D eigenvalue weighted by atomic mass is 9.79. The lowest BCUT2D eigenvalue weighted by Gasteiger charge is -2.32. The summed E-state index contributed by atoms with van der Waals surface area (Å²) in [5.41, 5.74) is 20.3. The molecule has 0 unspecified atom stereocenters. The summed E-state index contributed by atoms with van der Waals surface area (Å²) in [7, 11) is 0. The number of hydrogen-bond donors (Lipinski definition) is 0. The van der Waals surface area contributed by atoms with Gasteiger partial charge >= 0.3 is 5.96 Å². The zero-order valence-corrected chi connectivity index (χ0v) is 73.8. The van der Waals surface area contributed by atoms with E-state index in [0.29, 0.717) is 26.2 Å². The van der Waals surface area contributed by atoms with Crippen LogP contribution in [-0.4, -0.2) is 31.2 Å². The summed E-state index contributed by atoms with van der Waals surface area (Å²) < 4.78 is 8.02. The van der Waals surface area contributed by atoms with Crippen molar-refractivity contribution < 1.29 is 17.0 Å². The number of nitrogens with zero attached hydrogens (tertiary/aromatic N) is 5. The molecule has 5 nitrogen and oxygen atoms in total. The lowest BCUT2D eigenvalue weighted by molar-refractivity contribution is -0.583. The number of rotatable bonds is 12. The number of guanidine groups is 2. The highest BCUT2D eigenvalue weighted by atomic mass is 127. The van der Waals surface area contributed by atoms with Crippen molar-refractivity contribution in [3.8, 4) is 0 Å². The molecule has 2 heterocycles. The Morgan fingerprint density at radius 3 is 0.840 bits per heavy atom. The Morgan fingerprint density at radius 2 is 0.560 bits per heavy atom. The molecule has 2 aliphatic heterocycles. The second-order valence-corrected chi connectivity index (χ2v) is 40.9. The van der Waals surface area contributed by atoms with Gasteiger partial charge < -0.3 is 22.2 Å². The van der Waals surface area contributed by atoms with Crippen LogP contribution in [0.1, 0.15) is 279 Å². The van der Waals surface area contributed by atoms with E-state index in [2.05, 4.69) is 446 Å². The van der Waals surface area contributed by atoms with Gasteiger partial charge in [-0.3, -0.25) is 0 Å². The minimum Gasteiger partial charge on any atom is -1.00 e. The van der Waals surface area contributed by atoms with Gasteiger partial charge in [0.15, 0.2) is 0 Å². The molecule has 1 fully saturated rings. The van der Waals surface area contributed by atoms with Crippen molar-refractivity contribution in [3.05, 3.63) is 273 Å². The van der Waals surface area contributed by atoms with Crippen LogP contribution in [0.15, 0.2) is 175 Å². The second-order valence-electron chi connectivity index (χ2n) is 36.6. The van der Waals surface area contributed by atoms with E-state index in [0.717, 1.165) is 11.9 Å². The maximum absolute atomic E-state index is 6.90. The average Bonchev–Trinajstić information content (AvgIpc) is 1.56. The fraction of sp³-hybridized carbons (Fsp3) is 0.444. The summed E-state index contributed by atoms with van der Waals surface area (Å²) in [5, 5.41) is 0. The first kappa shape index (κ1) is 79.8. The van der Waals surface area contributed by atoms with Crippen LogP contribution in [0.5, 0.6) is 0 Å². The molecule has 0 N–H and O–H groups in total. The maximum Gasteiger partial charge on any atom is 0.394 e. The van der Waals surface area contributed by atoms with Crippen LogP contribution < -0.4 is 12.4 Å². The second kappa shape index (κ2) is 29.9. The van der Waals surface area contributed by atoms with Crippen LogP contribution in [-0.2, 0) is 69.5 Å². The zero-order valence-electron chi connectivity index (χ0n) is 64.4. The molecule has 532 valence electrons. The van der Waals surface area contributed by atoms with Gasteiger partial charge in [-0.25, -0.2) is 9.48 Å². The lowest BCUT2D eigenvalue weighted by Crippen LogP contribution is -3.00. The molecule has 0 aliphatic carbocycles. The molecule has 8 aromatic rings. The molecule has 1 saturated heterocycles. The maximum atomic E-state index is 6.90. The van der Waals surface area contributed by atoms with Crippen LogP contribution in [0.2, 0.25) is 0 Å². The first-order valence-corrected chi connectivity index (χ1v) is 40.2. The Kier molecular flexibility index (Phi) is 23.9. The number of halogens is 5. The molecule has 0 bridgehead atoms. The fourth-order valence-corrected chi connectivity index (χ4v) is 19.6. The first-order chi connectivity index (χ1) is 45.8. The highest BCUT2D eigenvalue weighted by Crippen LogP contribution is 2.52. The van der Waals surface area contributed by atoms with Crippen LogP contribution in [0.25, 0.3) is 0 Å². The molecular formula is C90H112ClI4N5. The van der Waals surface area contributed by atoms with Gasteiger partial charge in [0.05, 0.1) is 25.2 Å². The summed E-state index contributed by atoms with van der Waals surface area (Å²) in [6, 6.07) is 65.4. The molecule has 0 spiro atoms. The van der Waals surface area contributed by atoms with Gasteiger partial charge in [-0.1, -0.05) is 336 Å². The van der Waals surface area contributed by atoms with E-state index < -0.39 is 0 Å². The third-order valence-corrected chi connectivity index (χ3v) is 25.5. The summed E-state index contributed by atoms with van der Waals surface area (Å²) in [5.74, 6) is 1.93. The molecule has 0 radical (unpaired) electrons. The molecular weight excluding hydrogens is 1690 g/mol. The van der Waals surface area contributed by atoms with E-state index in [1.807, 2.05) is 0 Å². The summed E-state index contributed by atoms with van der Waals surface area (Å²) in [6.07, 6.45) is 0. The van der Waals surface area contributed by atoms with Gasteiger partial charge in [0.25, 0.3) is 5.96 Å². The highest BCUT2D eigenvalue weighted by molar-refractivity contribution is 14.1. The highest BCUT2D eigenvalue weighted by Gasteiger charge is 2.54.